The largest absolute Gasteiger partial charge is 0.365 e. The predicted octanol–water partition coefficient (Wildman–Crippen LogP) is 4.13. The van der Waals surface area contributed by atoms with Gasteiger partial charge < -0.3 is 5.32 Å². The maximum atomic E-state index is 13.6. The van der Waals surface area contributed by atoms with Crippen molar-refractivity contribution in [3.8, 4) is 0 Å². The van der Waals surface area contributed by atoms with Crippen LogP contribution in [0.5, 0.6) is 0 Å². The van der Waals surface area contributed by atoms with Crippen molar-refractivity contribution in [2.45, 2.75) is 6.54 Å². The van der Waals surface area contributed by atoms with Crippen molar-refractivity contribution < 1.29 is 8.78 Å². The van der Waals surface area contributed by atoms with Gasteiger partial charge in [0.2, 0.25) is 0 Å². The minimum atomic E-state index is -0.450. The zero-order valence-corrected chi connectivity index (χ0v) is 10.6. The van der Waals surface area contributed by atoms with Gasteiger partial charge in [-0.3, -0.25) is 0 Å². The standard InChI is InChI=1S/C16H12F2N2/c17-13-5-6-15(18)12(9-13)10-20-16-14-4-2-1-3-11(14)7-8-19-16/h1-9H,10H2,(H,19,20). The number of fused-ring (bicyclic) bond motifs is 1. The molecule has 3 aromatic rings. The summed E-state index contributed by atoms with van der Waals surface area (Å²) >= 11 is 0. The fourth-order valence-corrected chi connectivity index (χ4v) is 2.12. The summed E-state index contributed by atoms with van der Waals surface area (Å²) in [6.07, 6.45) is 1.69. The van der Waals surface area contributed by atoms with E-state index < -0.39 is 11.6 Å². The smallest absolute Gasteiger partial charge is 0.134 e. The fraction of sp³-hybridized carbons (Fsp3) is 0.0625. The first kappa shape index (κ1) is 12.5. The highest BCUT2D eigenvalue weighted by molar-refractivity contribution is 5.91. The Labute approximate surface area is 115 Å². The summed E-state index contributed by atoms with van der Waals surface area (Å²) in [6, 6.07) is 13.1. The third-order valence-corrected chi connectivity index (χ3v) is 3.13. The lowest BCUT2D eigenvalue weighted by Gasteiger charge is -2.09. The number of halogens is 2. The number of nitrogens with one attached hydrogen (secondary N) is 1. The summed E-state index contributed by atoms with van der Waals surface area (Å²) in [5, 5.41) is 5.05. The maximum absolute atomic E-state index is 13.6. The van der Waals surface area contributed by atoms with Crippen molar-refractivity contribution in [2.24, 2.45) is 0 Å². The van der Waals surface area contributed by atoms with E-state index in [2.05, 4.69) is 10.3 Å². The van der Waals surface area contributed by atoms with Crippen LogP contribution in [-0.2, 0) is 6.54 Å². The van der Waals surface area contributed by atoms with Gasteiger partial charge in [0.15, 0.2) is 0 Å². The lowest BCUT2D eigenvalue weighted by molar-refractivity contribution is 0.587. The Morgan fingerprint density at radius 1 is 1.00 bits per heavy atom. The number of pyridine rings is 1. The molecular weight excluding hydrogens is 258 g/mol. The first-order valence-corrected chi connectivity index (χ1v) is 6.25. The second kappa shape index (κ2) is 5.25. The van der Waals surface area contributed by atoms with Gasteiger partial charge in [0.05, 0.1) is 0 Å². The molecule has 2 nitrogen and oxygen atoms in total. The van der Waals surface area contributed by atoms with E-state index in [4.69, 9.17) is 0 Å². The second-order valence-electron chi connectivity index (χ2n) is 4.47. The van der Waals surface area contributed by atoms with E-state index in [1.54, 1.807) is 6.20 Å². The average molecular weight is 270 g/mol. The molecule has 1 aromatic heterocycles. The van der Waals surface area contributed by atoms with E-state index in [1.165, 1.54) is 6.07 Å². The molecule has 4 heteroatoms. The van der Waals surface area contributed by atoms with Crippen LogP contribution >= 0.6 is 0 Å². The van der Waals surface area contributed by atoms with Gasteiger partial charge in [0, 0.05) is 23.7 Å². The van der Waals surface area contributed by atoms with E-state index >= 15 is 0 Å². The fourth-order valence-electron chi connectivity index (χ4n) is 2.12. The number of aromatic nitrogens is 1. The van der Waals surface area contributed by atoms with Gasteiger partial charge in [-0.15, -0.1) is 0 Å². The van der Waals surface area contributed by atoms with Crippen molar-refractivity contribution in [1.82, 2.24) is 4.98 Å². The lowest BCUT2D eigenvalue weighted by Crippen LogP contribution is -2.04. The molecule has 0 aliphatic carbocycles. The van der Waals surface area contributed by atoms with Crippen LogP contribution in [0.3, 0.4) is 0 Å². The zero-order valence-electron chi connectivity index (χ0n) is 10.6. The first-order valence-electron chi connectivity index (χ1n) is 6.25. The minimum Gasteiger partial charge on any atom is -0.365 e. The van der Waals surface area contributed by atoms with Gasteiger partial charge >= 0.3 is 0 Å². The van der Waals surface area contributed by atoms with Gasteiger partial charge in [-0.1, -0.05) is 24.3 Å². The van der Waals surface area contributed by atoms with Crippen LogP contribution in [0.4, 0.5) is 14.6 Å². The van der Waals surface area contributed by atoms with Crippen LogP contribution in [-0.4, -0.2) is 4.98 Å². The molecule has 0 spiro atoms. The number of nitrogens with zero attached hydrogens (tertiary/aromatic N) is 1. The molecule has 0 saturated heterocycles. The molecule has 100 valence electrons. The summed E-state index contributed by atoms with van der Waals surface area (Å²) in [7, 11) is 0. The SMILES string of the molecule is Fc1ccc(F)c(CNc2nccc3ccccc23)c1. The molecule has 2 aromatic carbocycles. The quantitative estimate of drug-likeness (QED) is 0.774. The lowest BCUT2D eigenvalue weighted by atomic mass is 10.1. The second-order valence-corrected chi connectivity index (χ2v) is 4.47. The average Bonchev–Trinajstić information content (AvgIpc) is 2.48. The first-order chi connectivity index (χ1) is 9.74. The number of hydrogen-bond donors (Lipinski definition) is 1. The molecule has 0 amide bonds. The van der Waals surface area contributed by atoms with Crippen molar-refractivity contribution in [3.63, 3.8) is 0 Å². The van der Waals surface area contributed by atoms with E-state index in [1.807, 2.05) is 30.3 Å². The molecular formula is C16H12F2N2. The maximum Gasteiger partial charge on any atom is 0.134 e. The molecule has 20 heavy (non-hydrogen) atoms. The minimum absolute atomic E-state index is 0.185. The van der Waals surface area contributed by atoms with Crippen LogP contribution in [0.15, 0.2) is 54.7 Å². The molecule has 0 bridgehead atoms. The Kier molecular flexibility index (Phi) is 3.29. The molecule has 0 aliphatic rings. The number of anilines is 1. The van der Waals surface area contributed by atoms with Crippen molar-refractivity contribution >= 4 is 16.6 Å². The highest BCUT2D eigenvalue weighted by Gasteiger charge is 2.06. The Hall–Kier alpha value is -2.49. The van der Waals surface area contributed by atoms with Crippen LogP contribution < -0.4 is 5.32 Å². The van der Waals surface area contributed by atoms with Gasteiger partial charge in [-0.25, -0.2) is 13.8 Å². The normalized spacial score (nSPS) is 10.7. The Balaban J connectivity index is 1.89. The van der Waals surface area contributed by atoms with E-state index in [9.17, 15) is 8.78 Å². The Morgan fingerprint density at radius 2 is 1.85 bits per heavy atom. The summed E-state index contributed by atoms with van der Waals surface area (Å²) in [6.45, 7) is 0.185. The summed E-state index contributed by atoms with van der Waals surface area (Å²) < 4.78 is 26.7. The molecule has 3 rings (SSSR count). The molecule has 1 heterocycles. The molecule has 0 fully saturated rings. The third-order valence-electron chi connectivity index (χ3n) is 3.13. The number of rotatable bonds is 3. The molecule has 0 radical (unpaired) electrons. The molecule has 0 aliphatic heterocycles. The molecule has 0 unspecified atom stereocenters. The zero-order chi connectivity index (χ0) is 13.9. The summed E-state index contributed by atoms with van der Waals surface area (Å²) in [5.41, 5.74) is 0.278. The predicted molar refractivity (Wildman–Crippen MR) is 75.4 cm³/mol. The molecule has 0 saturated carbocycles. The van der Waals surface area contributed by atoms with Crippen molar-refractivity contribution in [1.29, 1.82) is 0 Å². The van der Waals surface area contributed by atoms with E-state index in [0.717, 1.165) is 22.9 Å². The van der Waals surface area contributed by atoms with Crippen LogP contribution in [0.1, 0.15) is 5.56 Å². The highest BCUT2D eigenvalue weighted by atomic mass is 19.1. The number of benzene rings is 2. The van der Waals surface area contributed by atoms with E-state index in [0.29, 0.717) is 5.82 Å². The van der Waals surface area contributed by atoms with Gasteiger partial charge in [0.25, 0.3) is 0 Å². The monoisotopic (exact) mass is 270 g/mol. The number of hydrogen-bond acceptors (Lipinski definition) is 2. The van der Waals surface area contributed by atoms with Crippen molar-refractivity contribution in [2.75, 3.05) is 5.32 Å². The highest BCUT2D eigenvalue weighted by Crippen LogP contribution is 2.21. The van der Waals surface area contributed by atoms with Gasteiger partial charge in [0.1, 0.15) is 17.5 Å². The van der Waals surface area contributed by atoms with Gasteiger partial charge in [-0.2, -0.15) is 0 Å². The van der Waals surface area contributed by atoms with E-state index in [-0.39, 0.29) is 12.1 Å². The topological polar surface area (TPSA) is 24.9 Å². The van der Waals surface area contributed by atoms with Crippen LogP contribution in [0.2, 0.25) is 0 Å². The molecule has 1 N–H and O–H groups in total. The molecule has 0 atom stereocenters. The van der Waals surface area contributed by atoms with Crippen LogP contribution in [0.25, 0.3) is 10.8 Å². The van der Waals surface area contributed by atoms with Crippen molar-refractivity contribution in [3.05, 3.63) is 71.9 Å². The van der Waals surface area contributed by atoms with Gasteiger partial charge in [-0.05, 0) is 29.7 Å². The third kappa shape index (κ3) is 2.45. The Bertz CT molecular complexity index is 751. The summed E-state index contributed by atoms with van der Waals surface area (Å²) in [4.78, 5) is 4.25. The van der Waals surface area contributed by atoms with Crippen LogP contribution in [0, 0.1) is 11.6 Å². The summed E-state index contributed by atoms with van der Waals surface area (Å²) in [5.74, 6) is -0.222. The Morgan fingerprint density at radius 3 is 2.75 bits per heavy atom.